The zero-order valence-electron chi connectivity index (χ0n) is 14.6. The maximum Gasteiger partial charge on any atom is 0.257 e. The van der Waals surface area contributed by atoms with Crippen molar-refractivity contribution in [2.24, 2.45) is 0 Å². The summed E-state index contributed by atoms with van der Waals surface area (Å²) >= 11 is 1.57. The standard InChI is InChI=1S/C21H20N2OS/c1-21(2,3)15-10-8-13(9-11-15)19(24)23-20-22-18-16-7-5-4-6-14(16)12-17(18)25-20/h4-11H,12H2,1-3H3,(H,22,23,24). The molecule has 1 N–H and O–H groups in total. The molecule has 1 aliphatic carbocycles. The smallest absolute Gasteiger partial charge is 0.257 e. The number of nitrogens with zero attached hydrogens (tertiary/aromatic N) is 1. The molecule has 0 aliphatic heterocycles. The molecule has 0 saturated carbocycles. The van der Waals surface area contributed by atoms with Gasteiger partial charge in [0.25, 0.3) is 5.91 Å². The summed E-state index contributed by atoms with van der Waals surface area (Å²) in [7, 11) is 0. The van der Waals surface area contributed by atoms with Crippen molar-refractivity contribution in [3.05, 3.63) is 70.1 Å². The van der Waals surface area contributed by atoms with Crippen molar-refractivity contribution in [1.82, 2.24) is 4.98 Å². The van der Waals surface area contributed by atoms with Gasteiger partial charge in [-0.3, -0.25) is 10.1 Å². The number of fused-ring (bicyclic) bond motifs is 3. The predicted molar refractivity (Wildman–Crippen MR) is 103 cm³/mol. The van der Waals surface area contributed by atoms with E-state index in [9.17, 15) is 4.79 Å². The molecular weight excluding hydrogens is 328 g/mol. The molecule has 1 aromatic heterocycles. The van der Waals surface area contributed by atoms with Gasteiger partial charge in [-0.25, -0.2) is 4.98 Å². The first-order valence-corrected chi connectivity index (χ1v) is 9.23. The summed E-state index contributed by atoms with van der Waals surface area (Å²) in [6, 6.07) is 16.1. The van der Waals surface area contributed by atoms with Crippen LogP contribution in [0.4, 0.5) is 5.13 Å². The van der Waals surface area contributed by atoms with Gasteiger partial charge in [0.2, 0.25) is 0 Å². The lowest BCUT2D eigenvalue weighted by molar-refractivity contribution is 0.102. The van der Waals surface area contributed by atoms with Crippen molar-refractivity contribution in [2.45, 2.75) is 32.6 Å². The Labute approximate surface area is 151 Å². The Hall–Kier alpha value is -2.46. The Kier molecular flexibility index (Phi) is 3.73. The predicted octanol–water partition coefficient (Wildman–Crippen LogP) is 5.26. The molecule has 0 fully saturated rings. The van der Waals surface area contributed by atoms with Crippen LogP contribution in [0.1, 0.15) is 47.1 Å². The highest BCUT2D eigenvalue weighted by atomic mass is 32.1. The van der Waals surface area contributed by atoms with Crippen LogP contribution in [0.25, 0.3) is 11.3 Å². The Bertz CT molecular complexity index is 949. The van der Waals surface area contributed by atoms with Gasteiger partial charge in [0, 0.05) is 22.4 Å². The summed E-state index contributed by atoms with van der Waals surface area (Å²) in [5, 5.41) is 3.62. The lowest BCUT2D eigenvalue weighted by Crippen LogP contribution is -2.14. The highest BCUT2D eigenvalue weighted by Crippen LogP contribution is 2.40. The fraction of sp³-hybridized carbons (Fsp3) is 0.238. The number of hydrogen-bond acceptors (Lipinski definition) is 3. The fourth-order valence-electron chi connectivity index (χ4n) is 3.10. The number of amides is 1. The summed E-state index contributed by atoms with van der Waals surface area (Å²) in [6.07, 6.45) is 0.902. The van der Waals surface area contributed by atoms with Gasteiger partial charge in [-0.1, -0.05) is 57.2 Å². The van der Waals surface area contributed by atoms with Crippen LogP contribution in [0.15, 0.2) is 48.5 Å². The lowest BCUT2D eigenvalue weighted by atomic mass is 9.87. The number of aromatic nitrogens is 1. The molecule has 4 rings (SSSR count). The Morgan fingerprint density at radius 3 is 2.52 bits per heavy atom. The van der Waals surface area contributed by atoms with Gasteiger partial charge in [-0.2, -0.15) is 0 Å². The average Bonchev–Trinajstić information content (AvgIpc) is 3.11. The van der Waals surface area contributed by atoms with Gasteiger partial charge >= 0.3 is 0 Å². The average molecular weight is 348 g/mol. The first kappa shape index (κ1) is 16.0. The lowest BCUT2D eigenvalue weighted by Gasteiger charge is -2.18. The van der Waals surface area contributed by atoms with Crippen molar-refractivity contribution in [1.29, 1.82) is 0 Å². The van der Waals surface area contributed by atoms with Gasteiger partial charge in [-0.15, -0.1) is 11.3 Å². The topological polar surface area (TPSA) is 42.0 Å². The van der Waals surface area contributed by atoms with E-state index in [2.05, 4.69) is 49.3 Å². The molecule has 3 aromatic rings. The van der Waals surface area contributed by atoms with Gasteiger partial charge in [0.05, 0.1) is 5.69 Å². The first-order valence-electron chi connectivity index (χ1n) is 8.42. The number of thiazole rings is 1. The summed E-state index contributed by atoms with van der Waals surface area (Å²) in [5.41, 5.74) is 5.46. The van der Waals surface area contributed by atoms with Crippen molar-refractivity contribution in [3.63, 3.8) is 0 Å². The minimum atomic E-state index is -0.110. The fourth-order valence-corrected chi connectivity index (χ4v) is 4.10. The van der Waals surface area contributed by atoms with E-state index in [0.29, 0.717) is 10.7 Å². The highest BCUT2D eigenvalue weighted by molar-refractivity contribution is 7.16. The summed E-state index contributed by atoms with van der Waals surface area (Å²) in [6.45, 7) is 6.49. The molecule has 1 heterocycles. The van der Waals surface area contributed by atoms with E-state index in [4.69, 9.17) is 0 Å². The zero-order valence-corrected chi connectivity index (χ0v) is 15.4. The van der Waals surface area contributed by atoms with E-state index in [0.717, 1.165) is 12.1 Å². The van der Waals surface area contributed by atoms with Gasteiger partial charge < -0.3 is 0 Å². The molecule has 1 amide bonds. The number of rotatable bonds is 2. The maximum absolute atomic E-state index is 12.5. The normalized spacial score (nSPS) is 12.6. The molecule has 25 heavy (non-hydrogen) atoms. The molecule has 0 radical (unpaired) electrons. The van der Waals surface area contributed by atoms with E-state index in [1.54, 1.807) is 11.3 Å². The van der Waals surface area contributed by atoms with Crippen LogP contribution in [0.5, 0.6) is 0 Å². The molecule has 0 spiro atoms. The molecule has 0 bridgehead atoms. The highest BCUT2D eigenvalue weighted by Gasteiger charge is 2.23. The minimum absolute atomic E-state index is 0.0819. The van der Waals surface area contributed by atoms with Crippen LogP contribution >= 0.6 is 11.3 Å². The largest absolute Gasteiger partial charge is 0.298 e. The molecule has 0 saturated heterocycles. The monoisotopic (exact) mass is 348 g/mol. The Balaban J connectivity index is 1.53. The molecule has 1 aliphatic rings. The second-order valence-electron chi connectivity index (χ2n) is 7.41. The van der Waals surface area contributed by atoms with Gasteiger partial charge in [0.15, 0.2) is 5.13 Å². The van der Waals surface area contributed by atoms with Gasteiger partial charge in [-0.05, 0) is 28.7 Å². The van der Waals surface area contributed by atoms with Crippen LogP contribution in [-0.4, -0.2) is 10.9 Å². The van der Waals surface area contributed by atoms with Crippen LogP contribution in [0.3, 0.4) is 0 Å². The molecule has 4 heteroatoms. The molecule has 3 nitrogen and oxygen atoms in total. The Morgan fingerprint density at radius 2 is 1.80 bits per heavy atom. The Morgan fingerprint density at radius 1 is 1.08 bits per heavy atom. The van der Waals surface area contributed by atoms with E-state index in [1.807, 2.05) is 30.3 Å². The summed E-state index contributed by atoms with van der Waals surface area (Å²) < 4.78 is 0. The van der Waals surface area contributed by atoms with Crippen LogP contribution in [-0.2, 0) is 11.8 Å². The summed E-state index contributed by atoms with van der Waals surface area (Å²) in [4.78, 5) is 18.4. The van der Waals surface area contributed by atoms with Crippen molar-refractivity contribution in [3.8, 4) is 11.3 Å². The van der Waals surface area contributed by atoms with E-state index < -0.39 is 0 Å². The third-order valence-electron chi connectivity index (χ3n) is 4.55. The van der Waals surface area contributed by atoms with Crippen LogP contribution in [0.2, 0.25) is 0 Å². The number of hydrogen-bond donors (Lipinski definition) is 1. The second kappa shape index (κ2) is 5.81. The summed E-state index contributed by atoms with van der Waals surface area (Å²) in [5.74, 6) is -0.110. The molecular formula is C21H20N2OS. The molecule has 2 aromatic carbocycles. The van der Waals surface area contributed by atoms with Crippen molar-refractivity contribution in [2.75, 3.05) is 5.32 Å². The van der Waals surface area contributed by atoms with Crippen molar-refractivity contribution < 1.29 is 4.79 Å². The quantitative estimate of drug-likeness (QED) is 0.536. The molecule has 126 valence electrons. The van der Waals surface area contributed by atoms with Gasteiger partial charge in [0.1, 0.15) is 0 Å². The molecule has 0 atom stereocenters. The zero-order chi connectivity index (χ0) is 17.6. The number of nitrogens with one attached hydrogen (secondary N) is 1. The number of anilines is 1. The van der Waals surface area contributed by atoms with Crippen molar-refractivity contribution >= 4 is 22.4 Å². The van der Waals surface area contributed by atoms with Crippen LogP contribution < -0.4 is 5.32 Å². The third kappa shape index (κ3) is 2.98. The number of benzene rings is 2. The minimum Gasteiger partial charge on any atom is -0.298 e. The maximum atomic E-state index is 12.5. The number of carbonyl (C=O) groups excluding carboxylic acids is 1. The first-order chi connectivity index (χ1) is 11.9. The van der Waals surface area contributed by atoms with Crippen LogP contribution in [0, 0.1) is 0 Å². The second-order valence-corrected chi connectivity index (χ2v) is 8.49. The van der Waals surface area contributed by atoms with E-state index >= 15 is 0 Å². The van der Waals surface area contributed by atoms with E-state index in [1.165, 1.54) is 21.6 Å². The molecule has 0 unspecified atom stereocenters. The third-order valence-corrected chi connectivity index (χ3v) is 5.53. The number of carbonyl (C=O) groups is 1. The SMILES string of the molecule is CC(C)(C)c1ccc(C(=O)Nc2nc3c(s2)Cc2ccccc2-3)cc1. The van der Waals surface area contributed by atoms with E-state index in [-0.39, 0.29) is 11.3 Å².